The molecule has 1 atom stereocenters. The molecule has 0 saturated heterocycles. The molecule has 0 aliphatic rings. The third-order valence-corrected chi connectivity index (χ3v) is 2.30. The predicted molar refractivity (Wildman–Crippen MR) is 66.5 cm³/mol. The zero-order valence-electron chi connectivity index (χ0n) is 9.69. The van der Waals surface area contributed by atoms with Crippen LogP contribution >= 0.6 is 12.4 Å². The lowest BCUT2D eigenvalue weighted by Crippen LogP contribution is -2.27. The molecule has 0 radical (unpaired) electrons. The second-order valence-corrected chi connectivity index (χ2v) is 3.52. The zero-order chi connectivity index (χ0) is 12.0. The summed E-state index contributed by atoms with van der Waals surface area (Å²) in [6.45, 7) is 2.33. The van der Waals surface area contributed by atoms with Crippen LogP contribution in [0.2, 0.25) is 0 Å². The predicted octanol–water partition coefficient (Wildman–Crippen LogP) is 1.93. The van der Waals surface area contributed by atoms with Crippen molar-refractivity contribution in [3.05, 3.63) is 35.6 Å². The highest BCUT2D eigenvalue weighted by Gasteiger charge is 2.18. The van der Waals surface area contributed by atoms with Crippen LogP contribution in [0.25, 0.3) is 0 Å². The highest BCUT2D eigenvalue weighted by Crippen LogP contribution is 2.10. The third-order valence-electron chi connectivity index (χ3n) is 2.30. The van der Waals surface area contributed by atoms with E-state index in [4.69, 9.17) is 10.5 Å². The summed E-state index contributed by atoms with van der Waals surface area (Å²) in [5.41, 5.74) is 6.39. The van der Waals surface area contributed by atoms with Crippen LogP contribution in [0.1, 0.15) is 12.5 Å². The van der Waals surface area contributed by atoms with Crippen molar-refractivity contribution in [2.45, 2.75) is 13.3 Å². The van der Waals surface area contributed by atoms with Crippen molar-refractivity contribution in [2.75, 3.05) is 13.2 Å². The van der Waals surface area contributed by atoms with Gasteiger partial charge in [0.15, 0.2) is 0 Å². The molecule has 2 N–H and O–H groups in total. The Hall–Kier alpha value is -1.13. The molecule has 1 unspecified atom stereocenters. The van der Waals surface area contributed by atoms with Crippen molar-refractivity contribution in [1.82, 2.24) is 0 Å². The molecule has 0 aliphatic heterocycles. The molecule has 1 aromatic carbocycles. The molecule has 0 amide bonds. The maximum absolute atomic E-state index is 12.7. The van der Waals surface area contributed by atoms with Crippen molar-refractivity contribution in [3.8, 4) is 0 Å². The van der Waals surface area contributed by atoms with Gasteiger partial charge in [0.1, 0.15) is 5.82 Å². The van der Waals surface area contributed by atoms with Crippen molar-refractivity contribution in [3.63, 3.8) is 0 Å². The fourth-order valence-corrected chi connectivity index (χ4v) is 1.43. The Kier molecular flexibility index (Phi) is 7.50. The Labute approximate surface area is 107 Å². The van der Waals surface area contributed by atoms with Gasteiger partial charge in [-0.05, 0) is 31.0 Å². The molecule has 1 rings (SSSR count). The molecule has 0 fully saturated rings. The van der Waals surface area contributed by atoms with Crippen LogP contribution in [0.5, 0.6) is 0 Å². The minimum absolute atomic E-state index is 0. The molecule has 0 aromatic heterocycles. The van der Waals surface area contributed by atoms with Crippen LogP contribution in [0.4, 0.5) is 4.39 Å². The fourth-order valence-electron chi connectivity index (χ4n) is 1.43. The van der Waals surface area contributed by atoms with Crippen molar-refractivity contribution in [1.29, 1.82) is 0 Å². The maximum Gasteiger partial charge on any atom is 0.310 e. The summed E-state index contributed by atoms with van der Waals surface area (Å²) in [6, 6.07) is 6.04. The number of hydrogen-bond acceptors (Lipinski definition) is 3. The highest BCUT2D eigenvalue weighted by atomic mass is 35.5. The summed E-state index contributed by atoms with van der Waals surface area (Å²) < 4.78 is 17.6. The molecule has 0 bridgehead atoms. The third kappa shape index (κ3) is 5.15. The van der Waals surface area contributed by atoms with E-state index in [0.29, 0.717) is 13.0 Å². The molecule has 17 heavy (non-hydrogen) atoms. The maximum atomic E-state index is 12.7. The van der Waals surface area contributed by atoms with Crippen LogP contribution in [-0.2, 0) is 16.0 Å². The van der Waals surface area contributed by atoms with Gasteiger partial charge in [0, 0.05) is 6.54 Å². The summed E-state index contributed by atoms with van der Waals surface area (Å²) >= 11 is 0. The molecule has 0 spiro atoms. The van der Waals surface area contributed by atoms with E-state index in [-0.39, 0.29) is 36.7 Å². The summed E-state index contributed by atoms with van der Waals surface area (Å²) in [6.07, 6.45) is 0.482. The van der Waals surface area contributed by atoms with E-state index >= 15 is 0 Å². The highest BCUT2D eigenvalue weighted by molar-refractivity contribution is 5.85. The van der Waals surface area contributed by atoms with Gasteiger partial charge in [-0.25, -0.2) is 4.39 Å². The lowest BCUT2D eigenvalue weighted by atomic mass is 9.99. The number of carbonyl (C=O) groups is 1. The number of hydrogen-bond donors (Lipinski definition) is 1. The van der Waals surface area contributed by atoms with Crippen molar-refractivity contribution < 1.29 is 13.9 Å². The van der Waals surface area contributed by atoms with Gasteiger partial charge >= 0.3 is 5.97 Å². The van der Waals surface area contributed by atoms with E-state index in [2.05, 4.69) is 0 Å². The SMILES string of the molecule is CCOC(=O)C(CN)Cc1ccc(F)cc1.Cl. The molecule has 1 aromatic rings. The standard InChI is InChI=1S/C12H16FNO2.ClH/c1-2-16-12(15)10(8-14)7-9-3-5-11(13)6-4-9;/h3-6,10H,2,7-8,14H2,1H3;1H. The van der Waals surface area contributed by atoms with Gasteiger partial charge < -0.3 is 10.5 Å². The molecule has 5 heteroatoms. The number of esters is 1. The first-order chi connectivity index (χ1) is 7.67. The molecule has 0 saturated carbocycles. The first-order valence-electron chi connectivity index (χ1n) is 5.28. The Morgan fingerprint density at radius 2 is 2.00 bits per heavy atom. The Bertz CT molecular complexity index is 343. The average molecular weight is 262 g/mol. The van der Waals surface area contributed by atoms with Crippen LogP contribution in [0, 0.1) is 11.7 Å². The first-order valence-corrected chi connectivity index (χ1v) is 5.28. The monoisotopic (exact) mass is 261 g/mol. The van der Waals surface area contributed by atoms with Gasteiger partial charge in [-0.15, -0.1) is 12.4 Å². The topological polar surface area (TPSA) is 52.3 Å². The molecule has 0 heterocycles. The Morgan fingerprint density at radius 3 is 2.47 bits per heavy atom. The normalized spacial score (nSPS) is 11.5. The minimum Gasteiger partial charge on any atom is -0.466 e. The van der Waals surface area contributed by atoms with E-state index in [1.807, 2.05) is 0 Å². The van der Waals surface area contributed by atoms with Gasteiger partial charge in [-0.1, -0.05) is 12.1 Å². The molecular formula is C12H17ClFNO2. The number of benzene rings is 1. The minimum atomic E-state index is -0.356. The lowest BCUT2D eigenvalue weighted by molar-refractivity contribution is -0.147. The smallest absolute Gasteiger partial charge is 0.310 e. The second-order valence-electron chi connectivity index (χ2n) is 3.52. The fraction of sp³-hybridized carbons (Fsp3) is 0.417. The van der Waals surface area contributed by atoms with E-state index < -0.39 is 0 Å². The molecule has 0 aliphatic carbocycles. The largest absolute Gasteiger partial charge is 0.466 e. The van der Waals surface area contributed by atoms with E-state index in [9.17, 15) is 9.18 Å². The van der Waals surface area contributed by atoms with Crippen LogP contribution < -0.4 is 5.73 Å². The van der Waals surface area contributed by atoms with E-state index in [0.717, 1.165) is 5.56 Å². The quantitative estimate of drug-likeness (QED) is 0.824. The number of rotatable bonds is 5. The van der Waals surface area contributed by atoms with Gasteiger partial charge in [0.25, 0.3) is 0 Å². The Morgan fingerprint density at radius 1 is 1.41 bits per heavy atom. The summed E-state index contributed by atoms with van der Waals surface area (Å²) in [5.74, 6) is -0.941. The number of carbonyl (C=O) groups excluding carboxylic acids is 1. The van der Waals surface area contributed by atoms with Crippen LogP contribution in [-0.4, -0.2) is 19.1 Å². The average Bonchev–Trinajstić information content (AvgIpc) is 2.28. The van der Waals surface area contributed by atoms with E-state index in [1.165, 1.54) is 12.1 Å². The first kappa shape index (κ1) is 15.9. The second kappa shape index (κ2) is 8.03. The van der Waals surface area contributed by atoms with E-state index in [1.54, 1.807) is 19.1 Å². The van der Waals surface area contributed by atoms with Crippen molar-refractivity contribution >= 4 is 18.4 Å². The molecule has 3 nitrogen and oxygen atoms in total. The summed E-state index contributed by atoms with van der Waals surface area (Å²) in [4.78, 5) is 11.5. The molecular weight excluding hydrogens is 245 g/mol. The van der Waals surface area contributed by atoms with Gasteiger partial charge in [-0.2, -0.15) is 0 Å². The lowest BCUT2D eigenvalue weighted by Gasteiger charge is -2.13. The number of nitrogens with two attached hydrogens (primary N) is 1. The van der Waals surface area contributed by atoms with Gasteiger partial charge in [0.05, 0.1) is 12.5 Å². The van der Waals surface area contributed by atoms with Gasteiger partial charge in [0.2, 0.25) is 0 Å². The van der Waals surface area contributed by atoms with Crippen molar-refractivity contribution in [2.24, 2.45) is 11.7 Å². The van der Waals surface area contributed by atoms with Crippen LogP contribution in [0.15, 0.2) is 24.3 Å². The number of halogens is 2. The summed E-state index contributed by atoms with van der Waals surface area (Å²) in [5, 5.41) is 0. The van der Waals surface area contributed by atoms with Crippen LogP contribution in [0.3, 0.4) is 0 Å². The summed E-state index contributed by atoms with van der Waals surface area (Å²) in [7, 11) is 0. The number of ether oxygens (including phenoxy) is 1. The Balaban J connectivity index is 0.00000256. The molecule has 96 valence electrons. The zero-order valence-corrected chi connectivity index (χ0v) is 10.5. The van der Waals surface area contributed by atoms with Gasteiger partial charge in [-0.3, -0.25) is 4.79 Å².